The van der Waals surface area contributed by atoms with Crippen LogP contribution in [0.5, 0.6) is 0 Å². The fraction of sp³-hybridized carbons (Fsp3) is 0. The zero-order valence-corrected chi connectivity index (χ0v) is 43.3. The van der Waals surface area contributed by atoms with E-state index in [2.05, 4.69) is 12.1 Å². The van der Waals surface area contributed by atoms with E-state index in [1.807, 2.05) is 103 Å². The van der Waals surface area contributed by atoms with Crippen molar-refractivity contribution in [1.82, 2.24) is 18.3 Å². The van der Waals surface area contributed by atoms with Gasteiger partial charge in [0, 0.05) is 58.6 Å². The number of rotatable bonds is 5. The summed E-state index contributed by atoms with van der Waals surface area (Å²) >= 11 is 1.30. The third kappa shape index (κ3) is 6.13. The van der Waals surface area contributed by atoms with E-state index in [9.17, 15) is 37.9 Å². The summed E-state index contributed by atoms with van der Waals surface area (Å²) in [7, 11) is 0. The predicted octanol–water partition coefficient (Wildman–Crippen LogP) is 20.2. The minimum atomic E-state index is -0.984. The molecule has 0 saturated carbocycles. The number of benzene rings is 13. The van der Waals surface area contributed by atoms with Gasteiger partial charge in [0.25, 0.3) is 0 Å². The van der Waals surface area contributed by atoms with Gasteiger partial charge in [0.1, 0.15) is 23.3 Å². The molecule has 0 spiro atoms. The van der Waals surface area contributed by atoms with E-state index in [1.54, 1.807) is 10.6 Å². The number of nitriles is 2. The molecule has 13 aromatic carbocycles. The van der Waals surface area contributed by atoms with E-state index in [-0.39, 0.29) is 11.0 Å². The summed E-state index contributed by atoms with van der Waals surface area (Å²) in [6.45, 7) is 0. The second kappa shape index (κ2) is 17.1. The first-order valence-electron chi connectivity index (χ1n) is 38.0. The van der Waals surface area contributed by atoms with Gasteiger partial charge >= 0.3 is 0 Å². The molecule has 0 aliphatic rings. The highest BCUT2D eigenvalue weighted by Gasteiger charge is 2.35. The lowest BCUT2D eigenvalue weighted by Gasteiger charge is -2.27. The molecule has 0 atom stereocenters. The van der Waals surface area contributed by atoms with Crippen molar-refractivity contribution in [2.24, 2.45) is 0 Å². The smallest absolute Gasteiger partial charge is 0.104 e. The Balaban J connectivity index is 1.22. The Hall–Kier alpha value is -11.2. The van der Waals surface area contributed by atoms with Gasteiger partial charge < -0.3 is 18.3 Å². The van der Waals surface area contributed by atoms with Gasteiger partial charge in [-0.25, -0.2) is 0 Å². The number of fused-ring (bicyclic) bond motifs is 19. The minimum Gasteiger partial charge on any atom is -0.306 e. The molecule has 0 aliphatic carbocycles. The molecule has 7 heteroatoms. The molecule has 0 fully saturated rings. The second-order valence-corrected chi connectivity index (χ2v) is 21.0. The Bertz CT molecular complexity index is 7250. The monoisotopic (exact) mass is 1090 g/mol. The van der Waals surface area contributed by atoms with Gasteiger partial charge in [0.05, 0.1) is 104 Å². The normalized spacial score (nSPS) is 16.1. The number of para-hydroxylation sites is 6. The molecule has 0 N–H and O–H groups in total. The van der Waals surface area contributed by atoms with Gasteiger partial charge in [-0.05, 0) is 87.1 Å². The largest absolute Gasteiger partial charge is 0.306 e. The van der Waals surface area contributed by atoms with E-state index >= 15 is 0 Å². The Kier molecular flexibility index (Phi) is 5.84. The van der Waals surface area contributed by atoms with Gasteiger partial charge in [-0.15, -0.1) is 11.3 Å². The summed E-state index contributed by atoms with van der Waals surface area (Å²) < 4.78 is 236. The molecule has 18 aromatic rings. The first-order chi connectivity index (χ1) is 51.1. The van der Waals surface area contributed by atoms with Crippen molar-refractivity contribution in [1.29, 1.82) is 10.5 Å². The topological polar surface area (TPSA) is 67.3 Å². The van der Waals surface area contributed by atoms with Gasteiger partial charge in [0.2, 0.25) is 0 Å². The fourth-order valence-electron chi connectivity index (χ4n) is 12.7. The van der Waals surface area contributed by atoms with Crippen LogP contribution >= 0.6 is 11.3 Å². The lowest BCUT2D eigenvalue weighted by molar-refractivity contribution is 1.03. The maximum Gasteiger partial charge on any atom is 0.104 e. The Labute approximate surface area is 511 Å². The van der Waals surface area contributed by atoms with E-state index in [0.29, 0.717) is 26.4 Å². The first-order valence-corrected chi connectivity index (χ1v) is 26.8. The average molecular weight is 1100 g/mol. The third-order valence-electron chi connectivity index (χ3n) is 16.0. The van der Waals surface area contributed by atoms with Gasteiger partial charge in [-0.2, -0.15) is 10.5 Å². The van der Waals surface area contributed by atoms with Crippen LogP contribution in [0.1, 0.15) is 44.0 Å². The lowest BCUT2D eigenvalue weighted by Crippen LogP contribution is -2.16. The van der Waals surface area contributed by atoms with Crippen LogP contribution in [0, 0.1) is 22.7 Å². The first kappa shape index (κ1) is 28.3. The molecule has 0 radical (unpaired) electrons. The molecule has 5 heterocycles. The van der Waals surface area contributed by atoms with Crippen LogP contribution in [0.25, 0.3) is 163 Å². The van der Waals surface area contributed by atoms with Gasteiger partial charge in [-0.1, -0.05) is 200 Å². The Morgan fingerprint density at radius 1 is 0.325 bits per heavy atom. The average Bonchev–Trinajstić information content (AvgIpc) is 1.53. The highest BCUT2D eigenvalue weighted by Crippen LogP contribution is 2.51. The van der Waals surface area contributed by atoms with Crippen LogP contribution in [0.15, 0.2) is 254 Å². The fourth-order valence-corrected chi connectivity index (χ4v) is 13.9. The summed E-state index contributed by atoms with van der Waals surface area (Å²) in [4.78, 5) is 0. The maximum absolute atomic E-state index is 13.3. The van der Waals surface area contributed by atoms with Crippen molar-refractivity contribution in [3.8, 4) is 46.0 Å². The van der Waals surface area contributed by atoms with Crippen LogP contribution in [-0.2, 0) is 0 Å². The van der Waals surface area contributed by atoms with Gasteiger partial charge in [-0.3, -0.25) is 0 Å². The van der Waals surface area contributed by atoms with Crippen molar-refractivity contribution in [3.63, 3.8) is 0 Å². The van der Waals surface area contributed by atoms with E-state index in [4.69, 9.17) is 5.48 Å². The molecule has 0 aliphatic heterocycles. The van der Waals surface area contributed by atoms with Crippen molar-refractivity contribution >= 4 is 140 Å². The minimum absolute atomic E-state index is 0.190. The van der Waals surface area contributed by atoms with Crippen molar-refractivity contribution in [3.05, 3.63) is 265 Å². The molecule has 0 bridgehead atoms. The van der Waals surface area contributed by atoms with E-state index in [1.165, 1.54) is 11.3 Å². The predicted molar refractivity (Wildman–Crippen MR) is 347 cm³/mol. The SMILES string of the molecule is [2H]c1c([2H])c([2H])c2c(c1[2H])c1c([2H])c([2H])c([2H])c([2H])c1n2-c1c(C#N)c(-n2c3c([2H])c([2H])c([2H])c([2H])c3c3c([2H])c([2H])c([2H])c([2H])c32)c(-n2c3ccc(-c4cccc5c4ccc4ccccc45)cc3c3ccc4c5ccccc5sc4c32)c(C#N)c1-n1c2c([2H])c([2H])c([2H])c([2H])c2c2c([2H])c([2H])c([2H])c([2H])c21. The van der Waals surface area contributed by atoms with Crippen molar-refractivity contribution < 1.29 is 32.9 Å². The summed E-state index contributed by atoms with van der Waals surface area (Å²) in [6, 6.07) is 17.0. The summed E-state index contributed by atoms with van der Waals surface area (Å²) in [5.41, 5.74) is -6.92. The molecule has 5 aromatic heterocycles. The highest BCUT2D eigenvalue weighted by atomic mass is 32.1. The van der Waals surface area contributed by atoms with Crippen molar-refractivity contribution in [2.45, 2.75) is 0 Å². The van der Waals surface area contributed by atoms with Crippen LogP contribution in [0.3, 0.4) is 0 Å². The molecule has 6 nitrogen and oxygen atoms in total. The highest BCUT2D eigenvalue weighted by molar-refractivity contribution is 7.26. The van der Waals surface area contributed by atoms with E-state index in [0.717, 1.165) is 50.9 Å². The second-order valence-electron chi connectivity index (χ2n) is 19.9. The summed E-state index contributed by atoms with van der Waals surface area (Å²) in [6.07, 6.45) is 0. The lowest BCUT2D eigenvalue weighted by atomic mass is 9.94. The third-order valence-corrected chi connectivity index (χ3v) is 17.2. The van der Waals surface area contributed by atoms with Crippen molar-refractivity contribution in [2.75, 3.05) is 0 Å². The number of hydrogen-bond donors (Lipinski definition) is 0. The molecular formula is C76H42N6S. The molecular weight excluding hydrogens is 1030 g/mol. The summed E-state index contributed by atoms with van der Waals surface area (Å²) in [5, 5.41) is 29.2. The standard InChI is InChI=1S/C76H42N6S/c77-43-61-71(79-63-29-10-3-20-51(63)52-21-4-11-30-64(52)79)72(80-65-31-12-5-22-53(65)54-23-6-13-32-66(54)80)62(44-78)74(73(61)81-67-33-14-7-24-55(67)56-25-8-15-34-68(56)81)82-69-41-37-46(48-27-17-28-49-47-19-2-1-18-45(47)36-38-50(48)49)42-60(69)58-39-40-59-57-26-9-16-35-70(57)83-76(59)75(58)82/h1-42H/i3D,4D,5D,6D,7D,8D,10D,11D,12D,13D,14D,15D,20D,21D,22D,23D,24D,25D,29D,30D,31D,32D,33D,34D. The number of nitrogens with zero attached hydrogens (tertiary/aromatic N) is 6. The Morgan fingerprint density at radius 2 is 0.759 bits per heavy atom. The van der Waals surface area contributed by atoms with Crippen LogP contribution < -0.4 is 0 Å². The number of hydrogen-bond acceptors (Lipinski definition) is 3. The molecule has 0 amide bonds. The van der Waals surface area contributed by atoms with Gasteiger partial charge in [0.15, 0.2) is 0 Å². The van der Waals surface area contributed by atoms with Crippen LogP contribution in [0.2, 0.25) is 0 Å². The summed E-state index contributed by atoms with van der Waals surface area (Å²) in [5.74, 6) is 0. The number of thiophene rings is 1. The molecule has 83 heavy (non-hydrogen) atoms. The zero-order chi connectivity index (χ0) is 75.5. The Morgan fingerprint density at radius 3 is 1.28 bits per heavy atom. The van der Waals surface area contributed by atoms with Crippen LogP contribution in [-0.4, -0.2) is 18.3 Å². The zero-order valence-electron chi connectivity index (χ0n) is 66.5. The molecule has 382 valence electrons. The molecule has 18 rings (SSSR count). The van der Waals surface area contributed by atoms with E-state index < -0.39 is 244 Å². The molecule has 0 saturated heterocycles. The number of aromatic nitrogens is 4. The maximum atomic E-state index is 13.3. The quantitative estimate of drug-likeness (QED) is 0.161. The van der Waals surface area contributed by atoms with Crippen LogP contribution in [0.4, 0.5) is 0 Å². The molecule has 0 unspecified atom stereocenters.